The number of carbonyl (C=O) groups is 2. The Morgan fingerprint density at radius 3 is 2.48 bits per heavy atom. The van der Waals surface area contributed by atoms with Gasteiger partial charge in [0.15, 0.2) is 5.78 Å². The second kappa shape index (κ2) is 6.76. The molecule has 3 rings (SSSR count). The summed E-state index contributed by atoms with van der Waals surface area (Å²) in [6.45, 7) is 8.71. The molecule has 1 atom stereocenters. The molecule has 23 heavy (non-hydrogen) atoms. The maximum Gasteiger partial charge on any atom is 0.257 e. The Morgan fingerprint density at radius 1 is 1.22 bits per heavy atom. The van der Waals surface area contributed by atoms with Crippen LogP contribution in [0.3, 0.4) is 0 Å². The highest BCUT2D eigenvalue weighted by atomic mass is 16.2. The Balaban J connectivity index is 1.51. The Kier molecular flexibility index (Phi) is 4.90. The van der Waals surface area contributed by atoms with Crippen molar-refractivity contribution >= 4 is 11.7 Å². The molecule has 2 heterocycles. The topological polar surface area (TPSA) is 40.6 Å². The van der Waals surface area contributed by atoms with E-state index in [-0.39, 0.29) is 17.6 Å². The molecular weight excluding hydrogens is 288 g/mol. The van der Waals surface area contributed by atoms with Gasteiger partial charge in [-0.3, -0.25) is 9.59 Å². The van der Waals surface area contributed by atoms with Gasteiger partial charge < -0.3 is 9.80 Å². The summed E-state index contributed by atoms with van der Waals surface area (Å²) in [6, 6.07) is 0. The number of amides is 1. The minimum atomic E-state index is -0.0533. The first-order valence-corrected chi connectivity index (χ1v) is 9.30. The second-order valence-electron chi connectivity index (χ2n) is 7.78. The lowest BCUT2D eigenvalue weighted by molar-refractivity contribution is -0.131. The molecule has 0 bridgehead atoms. The van der Waals surface area contributed by atoms with Gasteiger partial charge in [-0.1, -0.05) is 26.3 Å². The van der Waals surface area contributed by atoms with Crippen molar-refractivity contribution in [2.45, 2.75) is 52.4 Å². The summed E-state index contributed by atoms with van der Waals surface area (Å²) < 4.78 is 0. The molecule has 1 spiro atoms. The van der Waals surface area contributed by atoms with Crippen LogP contribution in [-0.2, 0) is 9.59 Å². The molecular formula is C19H30N2O2. The highest BCUT2D eigenvalue weighted by Crippen LogP contribution is 2.48. The molecule has 0 aromatic rings. The van der Waals surface area contributed by atoms with Crippen LogP contribution in [0.1, 0.15) is 52.4 Å². The third-order valence-corrected chi connectivity index (χ3v) is 6.12. The van der Waals surface area contributed by atoms with E-state index in [1.54, 1.807) is 0 Å². The van der Waals surface area contributed by atoms with Gasteiger partial charge in [0.25, 0.3) is 5.91 Å². The van der Waals surface area contributed by atoms with Crippen molar-refractivity contribution in [3.63, 3.8) is 0 Å². The Morgan fingerprint density at radius 2 is 1.91 bits per heavy atom. The molecule has 0 radical (unpaired) electrons. The Bertz CT molecular complexity index is 497. The number of ketones is 1. The van der Waals surface area contributed by atoms with Crippen LogP contribution in [0.5, 0.6) is 0 Å². The normalized spacial score (nSPS) is 27.7. The third kappa shape index (κ3) is 3.52. The molecule has 0 aromatic heterocycles. The average molecular weight is 318 g/mol. The first-order chi connectivity index (χ1) is 11.0. The number of Topliss-reactive ketones (excluding diaryl/α,β-unsaturated/α-hetero) is 1. The maximum absolute atomic E-state index is 12.5. The fourth-order valence-electron chi connectivity index (χ4n) is 4.29. The molecule has 2 fully saturated rings. The zero-order chi connectivity index (χ0) is 16.4. The molecule has 4 heteroatoms. The number of rotatable bonds is 5. The van der Waals surface area contributed by atoms with Crippen LogP contribution in [0, 0.1) is 11.3 Å². The van der Waals surface area contributed by atoms with E-state index in [0.717, 1.165) is 19.6 Å². The molecule has 2 aliphatic heterocycles. The van der Waals surface area contributed by atoms with Gasteiger partial charge in [-0.2, -0.15) is 0 Å². The van der Waals surface area contributed by atoms with Crippen LogP contribution in [0.25, 0.3) is 0 Å². The summed E-state index contributed by atoms with van der Waals surface area (Å²) >= 11 is 0. The summed E-state index contributed by atoms with van der Waals surface area (Å²) in [5.41, 5.74) is 1.09. The molecule has 128 valence electrons. The van der Waals surface area contributed by atoms with Crippen LogP contribution in [0.2, 0.25) is 0 Å². The van der Waals surface area contributed by atoms with E-state index >= 15 is 0 Å². The molecule has 1 aliphatic carbocycles. The van der Waals surface area contributed by atoms with Crippen LogP contribution < -0.4 is 0 Å². The van der Waals surface area contributed by atoms with Crippen molar-refractivity contribution in [1.29, 1.82) is 0 Å². The highest BCUT2D eigenvalue weighted by molar-refractivity contribution is 6.19. The van der Waals surface area contributed by atoms with E-state index in [2.05, 4.69) is 11.8 Å². The fourth-order valence-corrected chi connectivity index (χ4v) is 4.29. The van der Waals surface area contributed by atoms with Gasteiger partial charge in [-0.05, 0) is 50.1 Å². The van der Waals surface area contributed by atoms with E-state index in [4.69, 9.17) is 0 Å². The molecule has 4 nitrogen and oxygen atoms in total. The lowest BCUT2D eigenvalue weighted by atomic mass is 9.63. The van der Waals surface area contributed by atoms with E-state index in [1.165, 1.54) is 45.2 Å². The van der Waals surface area contributed by atoms with Gasteiger partial charge in [0.1, 0.15) is 0 Å². The summed E-state index contributed by atoms with van der Waals surface area (Å²) in [4.78, 5) is 28.9. The Labute approximate surface area is 139 Å². The number of hydrogen-bond donors (Lipinski definition) is 0. The molecule has 1 saturated heterocycles. The van der Waals surface area contributed by atoms with Crippen LogP contribution in [0.15, 0.2) is 11.6 Å². The third-order valence-electron chi connectivity index (χ3n) is 6.12. The first kappa shape index (κ1) is 16.7. The fraction of sp³-hybridized carbons (Fsp3) is 0.789. The van der Waals surface area contributed by atoms with Gasteiger partial charge >= 0.3 is 0 Å². The van der Waals surface area contributed by atoms with Crippen molar-refractivity contribution in [3.05, 3.63) is 11.6 Å². The maximum atomic E-state index is 12.5. The quantitative estimate of drug-likeness (QED) is 0.732. The Hall–Kier alpha value is -1.16. The summed E-state index contributed by atoms with van der Waals surface area (Å²) in [5, 5.41) is 0. The second-order valence-corrected chi connectivity index (χ2v) is 7.78. The smallest absolute Gasteiger partial charge is 0.257 e. The summed E-state index contributed by atoms with van der Waals surface area (Å²) in [5.74, 6) is 0.205. The SMILES string of the molecule is CCC(=O)C1=CC(C)CN(CCN2CCC3(CCC3)CC2)C1=O. The van der Waals surface area contributed by atoms with E-state index in [0.29, 0.717) is 17.4 Å². The van der Waals surface area contributed by atoms with Crippen molar-refractivity contribution in [1.82, 2.24) is 9.80 Å². The molecule has 0 aromatic carbocycles. The number of hydrogen-bond acceptors (Lipinski definition) is 3. The largest absolute Gasteiger partial charge is 0.337 e. The predicted octanol–water partition coefficient (Wildman–Crippen LogP) is 2.64. The number of likely N-dealkylation sites (tertiary alicyclic amines) is 1. The van der Waals surface area contributed by atoms with Crippen LogP contribution in [0.4, 0.5) is 0 Å². The first-order valence-electron chi connectivity index (χ1n) is 9.30. The molecule has 1 amide bonds. The van der Waals surface area contributed by atoms with Crippen LogP contribution in [-0.4, -0.2) is 54.2 Å². The number of nitrogens with zero attached hydrogens (tertiary/aromatic N) is 2. The summed E-state index contributed by atoms with van der Waals surface area (Å²) in [7, 11) is 0. The van der Waals surface area contributed by atoms with Gasteiger partial charge in [0.2, 0.25) is 0 Å². The van der Waals surface area contributed by atoms with E-state index in [9.17, 15) is 9.59 Å². The number of piperidine rings is 1. The lowest BCUT2D eigenvalue weighted by Gasteiger charge is -2.48. The highest BCUT2D eigenvalue weighted by Gasteiger charge is 2.39. The van der Waals surface area contributed by atoms with Gasteiger partial charge in [0.05, 0.1) is 5.57 Å². The van der Waals surface area contributed by atoms with Crippen molar-refractivity contribution in [2.24, 2.45) is 11.3 Å². The van der Waals surface area contributed by atoms with Gasteiger partial charge in [-0.25, -0.2) is 0 Å². The van der Waals surface area contributed by atoms with Crippen molar-refractivity contribution in [3.8, 4) is 0 Å². The van der Waals surface area contributed by atoms with Crippen molar-refractivity contribution in [2.75, 3.05) is 32.7 Å². The predicted molar refractivity (Wildman–Crippen MR) is 91.1 cm³/mol. The van der Waals surface area contributed by atoms with Crippen LogP contribution >= 0.6 is 0 Å². The minimum absolute atomic E-state index is 0.0172. The van der Waals surface area contributed by atoms with E-state index in [1.807, 2.05) is 17.9 Å². The zero-order valence-corrected chi connectivity index (χ0v) is 14.6. The number of carbonyl (C=O) groups excluding carboxylic acids is 2. The van der Waals surface area contributed by atoms with Gasteiger partial charge in [0, 0.05) is 26.1 Å². The van der Waals surface area contributed by atoms with Gasteiger partial charge in [-0.15, -0.1) is 0 Å². The summed E-state index contributed by atoms with van der Waals surface area (Å²) in [6.07, 6.45) is 9.21. The standard InChI is InChI=1S/C19H30N2O2/c1-3-17(22)16-13-15(2)14-21(18(16)23)12-11-20-9-7-19(8-10-20)5-4-6-19/h13,15H,3-12,14H2,1-2H3. The monoisotopic (exact) mass is 318 g/mol. The molecule has 0 N–H and O–H groups in total. The lowest BCUT2D eigenvalue weighted by Crippen LogP contribution is -2.48. The molecule has 1 saturated carbocycles. The van der Waals surface area contributed by atoms with E-state index < -0.39 is 0 Å². The average Bonchev–Trinajstić information content (AvgIpc) is 2.53. The zero-order valence-electron chi connectivity index (χ0n) is 14.6. The van der Waals surface area contributed by atoms with Crippen molar-refractivity contribution < 1.29 is 9.59 Å². The molecule has 1 unspecified atom stereocenters. The minimum Gasteiger partial charge on any atom is -0.337 e. The molecule has 3 aliphatic rings.